The van der Waals surface area contributed by atoms with E-state index in [1.165, 1.54) is 21.9 Å². The van der Waals surface area contributed by atoms with Gasteiger partial charge in [0.2, 0.25) is 0 Å². The quantitative estimate of drug-likeness (QED) is 0.660. The van der Waals surface area contributed by atoms with Crippen molar-refractivity contribution >= 4 is 16.5 Å². The lowest BCUT2D eigenvalue weighted by Crippen LogP contribution is -2.44. The van der Waals surface area contributed by atoms with E-state index in [1.54, 1.807) is 0 Å². The van der Waals surface area contributed by atoms with Gasteiger partial charge in [0.1, 0.15) is 5.60 Å². The van der Waals surface area contributed by atoms with Gasteiger partial charge in [-0.3, -0.25) is 4.90 Å². The maximum atomic E-state index is 5.98. The highest BCUT2D eigenvalue weighted by atomic mass is 16.7. The molecule has 0 amide bonds. The van der Waals surface area contributed by atoms with Gasteiger partial charge < -0.3 is 4.84 Å². The van der Waals surface area contributed by atoms with Gasteiger partial charge in [-0.05, 0) is 21.9 Å². The fourth-order valence-corrected chi connectivity index (χ4v) is 4.36. The molecule has 3 nitrogen and oxygen atoms in total. The summed E-state index contributed by atoms with van der Waals surface area (Å²) in [5.41, 5.74) is 3.60. The van der Waals surface area contributed by atoms with Crippen LogP contribution in [0.3, 0.4) is 0 Å². The molecule has 136 valence electrons. The van der Waals surface area contributed by atoms with Crippen molar-refractivity contribution in [2.45, 2.75) is 31.4 Å². The summed E-state index contributed by atoms with van der Waals surface area (Å²) in [4.78, 5) is 8.53. The van der Waals surface area contributed by atoms with Crippen molar-refractivity contribution in [1.29, 1.82) is 0 Å². The van der Waals surface area contributed by atoms with E-state index in [4.69, 9.17) is 4.84 Å². The molecular formula is C24H24N2O. The van der Waals surface area contributed by atoms with E-state index >= 15 is 0 Å². The lowest BCUT2D eigenvalue weighted by Gasteiger charge is -2.37. The topological polar surface area (TPSA) is 24.8 Å². The molecule has 0 atom stereocenters. The van der Waals surface area contributed by atoms with Crippen LogP contribution in [0.1, 0.15) is 30.4 Å². The first-order valence-corrected chi connectivity index (χ1v) is 9.81. The SMILES string of the molecule is c1ccc(C2=NOC3(CCN(Cc4cccc5ccccc45)CC3)C2)cc1. The van der Waals surface area contributed by atoms with Gasteiger partial charge in [0.05, 0.1) is 5.71 Å². The van der Waals surface area contributed by atoms with Crippen molar-refractivity contribution in [3.8, 4) is 0 Å². The first-order valence-electron chi connectivity index (χ1n) is 9.81. The molecule has 5 rings (SSSR count). The van der Waals surface area contributed by atoms with Crippen LogP contribution in [0.15, 0.2) is 78.0 Å². The number of likely N-dealkylation sites (tertiary alicyclic amines) is 1. The number of oxime groups is 1. The van der Waals surface area contributed by atoms with E-state index < -0.39 is 0 Å². The molecule has 0 bridgehead atoms. The van der Waals surface area contributed by atoms with Crippen molar-refractivity contribution in [1.82, 2.24) is 4.90 Å². The predicted octanol–water partition coefficient (Wildman–Crippen LogP) is 5.00. The molecule has 0 aromatic heterocycles. The van der Waals surface area contributed by atoms with Crippen LogP contribution in [0, 0.1) is 0 Å². The molecule has 0 aliphatic carbocycles. The fourth-order valence-electron chi connectivity index (χ4n) is 4.36. The molecule has 3 aromatic rings. The third kappa shape index (κ3) is 3.24. The number of piperidine rings is 1. The Bertz CT molecular complexity index is 967. The van der Waals surface area contributed by atoms with Gasteiger partial charge in [-0.1, -0.05) is 78.0 Å². The molecule has 2 aliphatic rings. The monoisotopic (exact) mass is 356 g/mol. The van der Waals surface area contributed by atoms with Crippen molar-refractivity contribution < 1.29 is 4.84 Å². The van der Waals surface area contributed by atoms with Crippen molar-refractivity contribution in [3.63, 3.8) is 0 Å². The minimum atomic E-state index is -0.0968. The second-order valence-corrected chi connectivity index (χ2v) is 7.77. The summed E-state index contributed by atoms with van der Waals surface area (Å²) in [6.45, 7) is 3.12. The normalized spacial score (nSPS) is 19.2. The Balaban J connectivity index is 1.25. The molecule has 2 heterocycles. The molecule has 0 saturated carbocycles. The molecule has 0 N–H and O–H groups in total. The molecule has 3 heteroatoms. The summed E-state index contributed by atoms with van der Waals surface area (Å²) in [7, 11) is 0. The summed E-state index contributed by atoms with van der Waals surface area (Å²) < 4.78 is 0. The number of rotatable bonds is 3. The molecule has 1 spiro atoms. The zero-order valence-corrected chi connectivity index (χ0v) is 15.5. The maximum absolute atomic E-state index is 5.98. The van der Waals surface area contributed by atoms with Crippen molar-refractivity contribution in [2.24, 2.45) is 5.16 Å². The molecule has 0 unspecified atom stereocenters. The third-order valence-corrected chi connectivity index (χ3v) is 5.99. The molecule has 1 saturated heterocycles. The Hall–Kier alpha value is -2.65. The summed E-state index contributed by atoms with van der Waals surface area (Å²) in [5, 5.41) is 7.12. The summed E-state index contributed by atoms with van der Waals surface area (Å²) in [6.07, 6.45) is 3.01. The van der Waals surface area contributed by atoms with Crippen LogP contribution >= 0.6 is 0 Å². The van der Waals surface area contributed by atoms with Gasteiger partial charge in [0.25, 0.3) is 0 Å². The number of benzene rings is 3. The van der Waals surface area contributed by atoms with Crippen LogP contribution in [0.25, 0.3) is 10.8 Å². The highest BCUT2D eigenvalue weighted by molar-refractivity contribution is 6.01. The van der Waals surface area contributed by atoms with Gasteiger partial charge in [-0.2, -0.15) is 0 Å². The Labute approximate surface area is 160 Å². The van der Waals surface area contributed by atoms with E-state index in [2.05, 4.69) is 76.8 Å². The minimum absolute atomic E-state index is 0.0968. The number of hydrogen-bond acceptors (Lipinski definition) is 3. The van der Waals surface area contributed by atoms with Crippen molar-refractivity contribution in [2.75, 3.05) is 13.1 Å². The van der Waals surface area contributed by atoms with E-state index in [-0.39, 0.29) is 5.60 Å². The first kappa shape index (κ1) is 16.5. The van der Waals surface area contributed by atoms with Gasteiger partial charge in [-0.15, -0.1) is 0 Å². The minimum Gasteiger partial charge on any atom is -0.388 e. The number of nitrogens with zero attached hydrogens (tertiary/aromatic N) is 2. The Morgan fingerprint density at radius 2 is 1.59 bits per heavy atom. The molecule has 2 aliphatic heterocycles. The fraction of sp³-hybridized carbons (Fsp3) is 0.292. The van der Waals surface area contributed by atoms with Gasteiger partial charge in [-0.25, -0.2) is 0 Å². The highest BCUT2D eigenvalue weighted by Crippen LogP contribution is 2.36. The number of fused-ring (bicyclic) bond motifs is 1. The molecule has 1 fully saturated rings. The Morgan fingerprint density at radius 1 is 0.852 bits per heavy atom. The largest absolute Gasteiger partial charge is 0.388 e. The molecule has 0 radical (unpaired) electrons. The van der Waals surface area contributed by atoms with E-state index in [0.29, 0.717) is 0 Å². The third-order valence-electron chi connectivity index (χ3n) is 5.99. The standard InChI is InChI=1S/C24H24N2O/c1-2-8-20(9-3-1)23-17-24(27-25-23)13-15-26(16-14-24)18-21-11-6-10-19-7-4-5-12-22(19)21/h1-12H,13-18H2. The second kappa shape index (κ2) is 6.82. The average Bonchev–Trinajstić information content (AvgIpc) is 3.15. The Morgan fingerprint density at radius 3 is 2.44 bits per heavy atom. The second-order valence-electron chi connectivity index (χ2n) is 7.77. The zero-order valence-electron chi connectivity index (χ0n) is 15.5. The molecule has 27 heavy (non-hydrogen) atoms. The van der Waals surface area contributed by atoms with E-state index in [0.717, 1.165) is 44.6 Å². The van der Waals surface area contributed by atoms with Gasteiger partial charge >= 0.3 is 0 Å². The molecule has 3 aromatic carbocycles. The van der Waals surface area contributed by atoms with Crippen LogP contribution in [0.5, 0.6) is 0 Å². The van der Waals surface area contributed by atoms with Crippen molar-refractivity contribution in [3.05, 3.63) is 83.9 Å². The Kier molecular flexibility index (Phi) is 4.17. The maximum Gasteiger partial charge on any atom is 0.145 e. The van der Waals surface area contributed by atoms with Crippen LogP contribution in [0.4, 0.5) is 0 Å². The smallest absolute Gasteiger partial charge is 0.145 e. The van der Waals surface area contributed by atoms with E-state index in [1.807, 2.05) is 6.07 Å². The first-order chi connectivity index (χ1) is 13.3. The van der Waals surface area contributed by atoms with E-state index in [9.17, 15) is 0 Å². The molecular weight excluding hydrogens is 332 g/mol. The number of hydrogen-bond donors (Lipinski definition) is 0. The zero-order chi connectivity index (χ0) is 18.1. The van der Waals surface area contributed by atoms with Crippen LogP contribution < -0.4 is 0 Å². The van der Waals surface area contributed by atoms with Crippen LogP contribution in [-0.4, -0.2) is 29.3 Å². The summed E-state index contributed by atoms with van der Waals surface area (Å²) in [5.74, 6) is 0. The lowest BCUT2D eigenvalue weighted by atomic mass is 9.85. The van der Waals surface area contributed by atoms with Gasteiger partial charge in [0.15, 0.2) is 0 Å². The highest BCUT2D eigenvalue weighted by Gasteiger charge is 2.42. The van der Waals surface area contributed by atoms with Crippen LogP contribution in [0.2, 0.25) is 0 Å². The average molecular weight is 356 g/mol. The predicted molar refractivity (Wildman–Crippen MR) is 110 cm³/mol. The summed E-state index contributed by atoms with van der Waals surface area (Å²) in [6, 6.07) is 25.7. The van der Waals surface area contributed by atoms with Gasteiger partial charge in [0, 0.05) is 38.9 Å². The summed E-state index contributed by atoms with van der Waals surface area (Å²) >= 11 is 0. The van der Waals surface area contributed by atoms with Crippen LogP contribution in [-0.2, 0) is 11.4 Å². The lowest BCUT2D eigenvalue weighted by molar-refractivity contribution is -0.0626.